The van der Waals surface area contributed by atoms with Crippen LogP contribution in [0.15, 0.2) is 60.9 Å². The fraction of sp³-hybridized carbons (Fsp3) is 0.286. The van der Waals surface area contributed by atoms with E-state index in [-0.39, 0.29) is 24.6 Å². The second-order valence-corrected chi connectivity index (χ2v) is 6.65. The minimum absolute atomic E-state index is 0.0105. The van der Waals surface area contributed by atoms with Gasteiger partial charge in [0.15, 0.2) is 0 Å². The van der Waals surface area contributed by atoms with E-state index in [2.05, 4.69) is 10.1 Å². The highest BCUT2D eigenvalue weighted by Gasteiger charge is 2.39. The van der Waals surface area contributed by atoms with Crippen molar-refractivity contribution in [1.82, 2.24) is 14.8 Å². The molecule has 0 saturated heterocycles. The Balaban J connectivity index is 1.79. The van der Waals surface area contributed by atoms with Gasteiger partial charge in [0.1, 0.15) is 18.7 Å². The number of methoxy groups -OCH3 is 2. The van der Waals surface area contributed by atoms with Crippen molar-refractivity contribution in [1.29, 1.82) is 0 Å². The van der Waals surface area contributed by atoms with Gasteiger partial charge in [0.05, 0.1) is 19.2 Å². The van der Waals surface area contributed by atoms with Crippen LogP contribution < -0.4 is 9.64 Å². The van der Waals surface area contributed by atoms with Crippen LogP contribution in [0.2, 0.25) is 0 Å². The van der Waals surface area contributed by atoms with Crippen LogP contribution in [-0.4, -0.2) is 41.5 Å². The molecule has 1 aromatic heterocycles. The molecule has 144 valence electrons. The lowest BCUT2D eigenvalue weighted by molar-refractivity contribution is -0.123. The molecule has 7 heteroatoms. The summed E-state index contributed by atoms with van der Waals surface area (Å²) in [6.45, 7) is -0.0105. The van der Waals surface area contributed by atoms with E-state index in [1.54, 1.807) is 12.0 Å². The molecule has 0 spiro atoms. The molecule has 4 rings (SSSR count). The number of aromatic nitrogens is 3. The number of amides is 1. The summed E-state index contributed by atoms with van der Waals surface area (Å²) in [6, 6.07) is 17.7. The summed E-state index contributed by atoms with van der Waals surface area (Å²) >= 11 is 0. The van der Waals surface area contributed by atoms with Crippen molar-refractivity contribution in [3.05, 3.63) is 72.1 Å². The number of carbonyl (C=O) groups excluding carboxylic acids is 1. The summed E-state index contributed by atoms with van der Waals surface area (Å²) < 4.78 is 12.2. The third-order valence-corrected chi connectivity index (χ3v) is 5.04. The Kier molecular flexibility index (Phi) is 5.08. The van der Waals surface area contributed by atoms with Gasteiger partial charge in [0.25, 0.3) is 5.91 Å². The first-order valence-corrected chi connectivity index (χ1v) is 9.12. The summed E-state index contributed by atoms with van der Waals surface area (Å²) in [4.78, 5) is 19.0. The van der Waals surface area contributed by atoms with Gasteiger partial charge in [-0.15, -0.1) is 0 Å². The monoisotopic (exact) mass is 378 g/mol. The molecule has 0 fully saturated rings. The van der Waals surface area contributed by atoms with Crippen molar-refractivity contribution < 1.29 is 14.3 Å². The van der Waals surface area contributed by atoms with Crippen LogP contribution in [-0.2, 0) is 9.53 Å². The Labute approximate surface area is 163 Å². The molecule has 0 bridgehead atoms. The predicted molar refractivity (Wildman–Crippen MR) is 104 cm³/mol. The Bertz CT molecular complexity index is 940. The molecule has 0 unspecified atom stereocenters. The highest BCUT2D eigenvalue weighted by atomic mass is 16.5. The minimum atomic E-state index is -0.160. The second-order valence-electron chi connectivity index (χ2n) is 6.65. The Morgan fingerprint density at radius 1 is 1.04 bits per heavy atom. The van der Waals surface area contributed by atoms with Crippen LogP contribution in [0.5, 0.6) is 5.75 Å². The third kappa shape index (κ3) is 3.25. The second kappa shape index (κ2) is 7.82. The molecule has 0 N–H and O–H groups in total. The number of carbonyl (C=O) groups is 1. The van der Waals surface area contributed by atoms with Gasteiger partial charge in [-0.3, -0.25) is 9.69 Å². The maximum atomic E-state index is 12.9. The highest BCUT2D eigenvalue weighted by Crippen LogP contribution is 2.41. The van der Waals surface area contributed by atoms with E-state index in [0.29, 0.717) is 12.4 Å². The lowest BCUT2D eigenvalue weighted by Crippen LogP contribution is -2.44. The number of anilines is 1. The topological polar surface area (TPSA) is 69.5 Å². The van der Waals surface area contributed by atoms with Crippen molar-refractivity contribution in [2.45, 2.75) is 18.5 Å². The molecule has 1 amide bonds. The van der Waals surface area contributed by atoms with Crippen molar-refractivity contribution in [3.8, 4) is 5.75 Å². The molecule has 2 heterocycles. The average Bonchev–Trinajstić information content (AvgIpc) is 3.23. The van der Waals surface area contributed by atoms with Crippen LogP contribution in [0.1, 0.15) is 29.6 Å². The Hall–Kier alpha value is -3.19. The average molecular weight is 378 g/mol. The van der Waals surface area contributed by atoms with Crippen LogP contribution in [0.25, 0.3) is 0 Å². The summed E-state index contributed by atoms with van der Waals surface area (Å²) in [5, 5.41) is 4.42. The SMILES string of the molecule is COCC(=O)N1c2ncnn2[C@@H](c2ccc(OC)cc2)C[C@H]1c1ccccc1. The molecule has 2 atom stereocenters. The van der Waals surface area contributed by atoms with Crippen molar-refractivity contribution in [3.63, 3.8) is 0 Å². The van der Waals surface area contributed by atoms with E-state index in [0.717, 1.165) is 16.9 Å². The van der Waals surface area contributed by atoms with E-state index in [4.69, 9.17) is 9.47 Å². The number of nitrogens with zero attached hydrogens (tertiary/aromatic N) is 4. The smallest absolute Gasteiger partial charge is 0.255 e. The van der Waals surface area contributed by atoms with Gasteiger partial charge >= 0.3 is 0 Å². The van der Waals surface area contributed by atoms with E-state index in [1.807, 2.05) is 59.3 Å². The van der Waals surface area contributed by atoms with Gasteiger partial charge in [-0.1, -0.05) is 42.5 Å². The largest absolute Gasteiger partial charge is 0.497 e. The molecule has 0 radical (unpaired) electrons. The molecular weight excluding hydrogens is 356 g/mol. The quantitative estimate of drug-likeness (QED) is 0.683. The zero-order chi connectivity index (χ0) is 19.5. The first-order valence-electron chi connectivity index (χ1n) is 9.12. The maximum Gasteiger partial charge on any atom is 0.255 e. The molecule has 28 heavy (non-hydrogen) atoms. The fourth-order valence-electron chi connectivity index (χ4n) is 3.73. The number of ether oxygens (including phenoxy) is 2. The van der Waals surface area contributed by atoms with Crippen LogP contribution in [0.3, 0.4) is 0 Å². The van der Waals surface area contributed by atoms with E-state index in [9.17, 15) is 4.79 Å². The maximum absolute atomic E-state index is 12.9. The number of benzene rings is 2. The van der Waals surface area contributed by atoms with Gasteiger partial charge in [0.2, 0.25) is 5.95 Å². The van der Waals surface area contributed by atoms with Gasteiger partial charge in [-0.2, -0.15) is 10.1 Å². The number of hydrogen-bond acceptors (Lipinski definition) is 5. The first-order chi connectivity index (χ1) is 13.7. The summed E-state index contributed by atoms with van der Waals surface area (Å²) in [6.07, 6.45) is 2.18. The summed E-state index contributed by atoms with van der Waals surface area (Å²) in [5.41, 5.74) is 2.15. The van der Waals surface area contributed by atoms with Crippen molar-refractivity contribution in [2.24, 2.45) is 0 Å². The number of fused-ring (bicyclic) bond motifs is 1. The van der Waals surface area contributed by atoms with Gasteiger partial charge in [-0.05, 0) is 29.7 Å². The molecule has 1 aliphatic heterocycles. The standard InChI is InChI=1S/C21H22N4O3/c1-27-13-20(26)24-18(15-6-4-3-5-7-15)12-19(25-21(24)22-14-23-25)16-8-10-17(28-2)11-9-16/h3-11,14,18-19H,12-13H2,1-2H3/t18-,19+/m0/s1. The molecule has 2 aromatic carbocycles. The lowest BCUT2D eigenvalue weighted by Gasteiger charge is -2.39. The van der Waals surface area contributed by atoms with Crippen LogP contribution >= 0.6 is 0 Å². The van der Waals surface area contributed by atoms with E-state index >= 15 is 0 Å². The highest BCUT2D eigenvalue weighted by molar-refractivity contribution is 5.93. The van der Waals surface area contributed by atoms with Gasteiger partial charge < -0.3 is 9.47 Å². The lowest BCUT2D eigenvalue weighted by atomic mass is 9.92. The minimum Gasteiger partial charge on any atom is -0.497 e. The summed E-state index contributed by atoms with van der Waals surface area (Å²) in [5.74, 6) is 1.19. The predicted octanol–water partition coefficient (Wildman–Crippen LogP) is 3.00. The Morgan fingerprint density at radius 2 is 1.75 bits per heavy atom. The summed E-state index contributed by atoms with van der Waals surface area (Å²) in [7, 11) is 3.17. The molecule has 3 aromatic rings. The Morgan fingerprint density at radius 3 is 2.43 bits per heavy atom. The van der Waals surface area contributed by atoms with E-state index in [1.165, 1.54) is 13.4 Å². The van der Waals surface area contributed by atoms with Gasteiger partial charge in [0, 0.05) is 7.11 Å². The number of rotatable bonds is 5. The first kappa shape index (κ1) is 18.2. The van der Waals surface area contributed by atoms with E-state index < -0.39 is 0 Å². The fourth-order valence-corrected chi connectivity index (χ4v) is 3.73. The van der Waals surface area contributed by atoms with Crippen molar-refractivity contribution >= 4 is 11.9 Å². The molecule has 0 aliphatic carbocycles. The number of hydrogen-bond donors (Lipinski definition) is 0. The molecule has 7 nitrogen and oxygen atoms in total. The van der Waals surface area contributed by atoms with Gasteiger partial charge in [-0.25, -0.2) is 4.68 Å². The zero-order valence-corrected chi connectivity index (χ0v) is 15.9. The molecule has 0 saturated carbocycles. The third-order valence-electron chi connectivity index (χ3n) is 5.04. The molecular formula is C21H22N4O3. The van der Waals surface area contributed by atoms with Crippen LogP contribution in [0, 0.1) is 0 Å². The van der Waals surface area contributed by atoms with Crippen LogP contribution in [0.4, 0.5) is 5.95 Å². The zero-order valence-electron chi connectivity index (χ0n) is 15.9. The van der Waals surface area contributed by atoms with Crippen molar-refractivity contribution in [2.75, 3.05) is 25.7 Å². The molecule has 1 aliphatic rings. The normalized spacial score (nSPS) is 18.6.